The van der Waals surface area contributed by atoms with Gasteiger partial charge in [-0.3, -0.25) is 9.69 Å². The summed E-state index contributed by atoms with van der Waals surface area (Å²) in [5.74, 6) is -0.154. The SMILES string of the molecule is CCCCOC(=O)c1ccc(N(CCCC)C(=O)CN2CCCCC2)cc1. The van der Waals surface area contributed by atoms with Crippen molar-refractivity contribution in [1.29, 1.82) is 0 Å². The Morgan fingerprint density at radius 3 is 2.30 bits per heavy atom. The Hall–Kier alpha value is -1.88. The van der Waals surface area contributed by atoms with Crippen LogP contribution < -0.4 is 4.90 Å². The average Bonchev–Trinajstić information content (AvgIpc) is 2.69. The van der Waals surface area contributed by atoms with Crippen molar-refractivity contribution in [3.05, 3.63) is 29.8 Å². The molecule has 0 N–H and O–H groups in total. The van der Waals surface area contributed by atoms with Crippen LogP contribution in [0.25, 0.3) is 0 Å². The van der Waals surface area contributed by atoms with E-state index >= 15 is 0 Å². The van der Waals surface area contributed by atoms with Gasteiger partial charge < -0.3 is 9.64 Å². The molecule has 5 heteroatoms. The summed E-state index contributed by atoms with van der Waals surface area (Å²) in [5.41, 5.74) is 1.39. The van der Waals surface area contributed by atoms with Gasteiger partial charge in [0.25, 0.3) is 0 Å². The molecule has 0 atom stereocenters. The van der Waals surface area contributed by atoms with Crippen LogP contribution in [0.4, 0.5) is 5.69 Å². The number of carbonyl (C=O) groups excluding carboxylic acids is 2. The number of rotatable bonds is 10. The van der Waals surface area contributed by atoms with Gasteiger partial charge in [0.1, 0.15) is 0 Å². The average molecular weight is 375 g/mol. The van der Waals surface area contributed by atoms with Gasteiger partial charge in [-0.05, 0) is 63.0 Å². The van der Waals surface area contributed by atoms with Crippen molar-refractivity contribution in [3.8, 4) is 0 Å². The number of benzene rings is 1. The van der Waals surface area contributed by atoms with E-state index in [-0.39, 0.29) is 11.9 Å². The van der Waals surface area contributed by atoms with Crippen LogP contribution in [0.3, 0.4) is 0 Å². The zero-order valence-electron chi connectivity index (χ0n) is 16.9. The second-order valence-corrected chi connectivity index (χ2v) is 7.27. The molecule has 0 aromatic heterocycles. The number of hydrogen-bond acceptors (Lipinski definition) is 4. The van der Waals surface area contributed by atoms with E-state index in [0.29, 0.717) is 25.3 Å². The van der Waals surface area contributed by atoms with Gasteiger partial charge in [-0.25, -0.2) is 4.79 Å². The minimum atomic E-state index is -0.297. The lowest BCUT2D eigenvalue weighted by Crippen LogP contribution is -2.42. The summed E-state index contributed by atoms with van der Waals surface area (Å²) in [6.07, 6.45) is 7.49. The summed E-state index contributed by atoms with van der Waals surface area (Å²) in [6, 6.07) is 7.24. The molecule has 2 rings (SSSR count). The Balaban J connectivity index is 2.01. The van der Waals surface area contributed by atoms with Gasteiger partial charge in [0.15, 0.2) is 0 Å². The minimum absolute atomic E-state index is 0.142. The van der Waals surface area contributed by atoms with E-state index in [1.807, 2.05) is 17.0 Å². The molecule has 1 aromatic carbocycles. The number of piperidine rings is 1. The number of ether oxygens (including phenoxy) is 1. The van der Waals surface area contributed by atoms with E-state index in [1.54, 1.807) is 12.1 Å². The number of nitrogens with zero attached hydrogens (tertiary/aromatic N) is 2. The fourth-order valence-electron chi connectivity index (χ4n) is 3.28. The molecular formula is C22H34N2O3. The molecule has 1 aromatic rings. The molecule has 0 unspecified atom stereocenters. The molecule has 0 radical (unpaired) electrons. The summed E-state index contributed by atoms with van der Waals surface area (Å²) in [6.45, 7) is 7.85. The van der Waals surface area contributed by atoms with Crippen molar-refractivity contribution >= 4 is 17.6 Å². The Kier molecular flexibility index (Phi) is 9.32. The molecule has 1 saturated heterocycles. The summed E-state index contributed by atoms with van der Waals surface area (Å²) < 4.78 is 5.26. The Morgan fingerprint density at radius 2 is 1.67 bits per heavy atom. The maximum atomic E-state index is 12.9. The van der Waals surface area contributed by atoms with Gasteiger partial charge in [0.05, 0.1) is 18.7 Å². The van der Waals surface area contributed by atoms with Crippen molar-refractivity contribution in [2.75, 3.05) is 37.7 Å². The highest BCUT2D eigenvalue weighted by atomic mass is 16.5. The highest BCUT2D eigenvalue weighted by Crippen LogP contribution is 2.18. The first kappa shape index (κ1) is 21.4. The lowest BCUT2D eigenvalue weighted by Gasteiger charge is -2.29. The van der Waals surface area contributed by atoms with Gasteiger partial charge >= 0.3 is 5.97 Å². The quantitative estimate of drug-likeness (QED) is 0.453. The zero-order valence-corrected chi connectivity index (χ0v) is 16.9. The molecule has 0 bridgehead atoms. The largest absolute Gasteiger partial charge is 0.462 e. The van der Waals surface area contributed by atoms with Crippen molar-refractivity contribution in [2.45, 2.75) is 58.8 Å². The van der Waals surface area contributed by atoms with Crippen molar-refractivity contribution in [3.63, 3.8) is 0 Å². The predicted octanol–water partition coefficient (Wildman–Crippen LogP) is 4.26. The van der Waals surface area contributed by atoms with Crippen LogP contribution in [0, 0.1) is 0 Å². The van der Waals surface area contributed by atoms with Gasteiger partial charge in [0, 0.05) is 12.2 Å². The van der Waals surface area contributed by atoms with Crippen LogP contribution in [-0.4, -0.2) is 49.6 Å². The van der Waals surface area contributed by atoms with E-state index in [2.05, 4.69) is 18.7 Å². The molecule has 0 aliphatic carbocycles. The maximum Gasteiger partial charge on any atom is 0.338 e. The lowest BCUT2D eigenvalue weighted by molar-refractivity contribution is -0.120. The Labute approximate surface area is 163 Å². The number of amides is 1. The fourth-order valence-corrected chi connectivity index (χ4v) is 3.28. The standard InChI is InChI=1S/C22H34N2O3/c1-3-5-16-24(21(25)18-23-14-8-7-9-15-23)20-12-10-19(11-13-20)22(26)27-17-6-4-2/h10-13H,3-9,14-18H2,1-2H3. The zero-order chi connectivity index (χ0) is 19.5. The normalized spacial score (nSPS) is 14.7. The number of esters is 1. The summed E-state index contributed by atoms with van der Waals surface area (Å²) in [7, 11) is 0. The summed E-state index contributed by atoms with van der Waals surface area (Å²) >= 11 is 0. The molecule has 1 amide bonds. The third-order valence-electron chi connectivity index (χ3n) is 4.99. The van der Waals surface area contributed by atoms with E-state index in [9.17, 15) is 9.59 Å². The highest BCUT2D eigenvalue weighted by Gasteiger charge is 2.20. The van der Waals surface area contributed by atoms with Crippen LogP contribution >= 0.6 is 0 Å². The fraction of sp³-hybridized carbons (Fsp3) is 0.636. The van der Waals surface area contributed by atoms with Crippen LogP contribution in [-0.2, 0) is 9.53 Å². The minimum Gasteiger partial charge on any atom is -0.462 e. The van der Waals surface area contributed by atoms with Crippen LogP contribution in [0.2, 0.25) is 0 Å². The predicted molar refractivity (Wildman–Crippen MR) is 109 cm³/mol. The number of carbonyl (C=O) groups is 2. The van der Waals surface area contributed by atoms with Crippen molar-refractivity contribution in [1.82, 2.24) is 4.90 Å². The van der Waals surface area contributed by atoms with Gasteiger partial charge in [-0.2, -0.15) is 0 Å². The van der Waals surface area contributed by atoms with E-state index in [0.717, 1.165) is 44.5 Å². The molecule has 1 fully saturated rings. The highest BCUT2D eigenvalue weighted by molar-refractivity contribution is 5.96. The van der Waals surface area contributed by atoms with Crippen molar-refractivity contribution in [2.24, 2.45) is 0 Å². The number of anilines is 1. The number of unbranched alkanes of at least 4 members (excludes halogenated alkanes) is 2. The summed E-state index contributed by atoms with van der Waals surface area (Å²) in [4.78, 5) is 29.1. The van der Waals surface area contributed by atoms with E-state index in [4.69, 9.17) is 4.74 Å². The first-order valence-corrected chi connectivity index (χ1v) is 10.5. The smallest absolute Gasteiger partial charge is 0.338 e. The van der Waals surface area contributed by atoms with Crippen LogP contribution in [0.5, 0.6) is 0 Å². The van der Waals surface area contributed by atoms with E-state index in [1.165, 1.54) is 19.3 Å². The first-order chi connectivity index (χ1) is 13.2. The van der Waals surface area contributed by atoms with Crippen LogP contribution in [0.1, 0.15) is 69.2 Å². The molecule has 0 spiro atoms. The van der Waals surface area contributed by atoms with Crippen molar-refractivity contribution < 1.29 is 14.3 Å². The third kappa shape index (κ3) is 6.98. The molecule has 1 aliphatic heterocycles. The number of hydrogen-bond donors (Lipinski definition) is 0. The maximum absolute atomic E-state index is 12.9. The Bertz CT molecular complexity index is 580. The van der Waals surface area contributed by atoms with Gasteiger partial charge in [0.2, 0.25) is 5.91 Å². The molecule has 1 aliphatic rings. The molecule has 5 nitrogen and oxygen atoms in total. The topological polar surface area (TPSA) is 49.9 Å². The molecule has 1 heterocycles. The molecule has 27 heavy (non-hydrogen) atoms. The van der Waals surface area contributed by atoms with Gasteiger partial charge in [-0.1, -0.05) is 33.1 Å². The molecule has 150 valence electrons. The first-order valence-electron chi connectivity index (χ1n) is 10.5. The summed E-state index contributed by atoms with van der Waals surface area (Å²) in [5, 5.41) is 0. The van der Waals surface area contributed by atoms with Gasteiger partial charge in [-0.15, -0.1) is 0 Å². The number of likely N-dealkylation sites (tertiary alicyclic amines) is 1. The van der Waals surface area contributed by atoms with E-state index < -0.39 is 0 Å². The molecular weight excluding hydrogens is 340 g/mol. The molecule has 0 saturated carbocycles. The monoisotopic (exact) mass is 374 g/mol. The second kappa shape index (κ2) is 11.8. The lowest BCUT2D eigenvalue weighted by atomic mass is 10.1. The third-order valence-corrected chi connectivity index (χ3v) is 4.99. The Morgan fingerprint density at radius 1 is 1.00 bits per heavy atom. The second-order valence-electron chi connectivity index (χ2n) is 7.27. The van der Waals surface area contributed by atoms with Crippen LogP contribution in [0.15, 0.2) is 24.3 Å².